The van der Waals surface area contributed by atoms with Gasteiger partial charge in [-0.1, -0.05) is 22.9 Å². The lowest BCUT2D eigenvalue weighted by atomic mass is 10.1. The zero-order valence-corrected chi connectivity index (χ0v) is 17.2. The van der Waals surface area contributed by atoms with Gasteiger partial charge in [-0.2, -0.15) is 0 Å². The van der Waals surface area contributed by atoms with Gasteiger partial charge >= 0.3 is 0 Å². The van der Waals surface area contributed by atoms with Crippen molar-refractivity contribution in [1.29, 1.82) is 0 Å². The quantitative estimate of drug-likeness (QED) is 0.712. The van der Waals surface area contributed by atoms with Crippen LogP contribution in [0.25, 0.3) is 0 Å². The first-order valence-electron chi connectivity index (χ1n) is 7.96. The van der Waals surface area contributed by atoms with Crippen LogP contribution in [0, 0.1) is 0 Å². The largest absolute Gasteiger partial charge is 0.497 e. The minimum atomic E-state index is -3.67. The summed E-state index contributed by atoms with van der Waals surface area (Å²) in [6.07, 6.45) is 1.41. The smallest absolute Gasteiger partial charge is 0.248 e. The lowest BCUT2D eigenvalue weighted by Gasteiger charge is -2.30. The van der Waals surface area contributed by atoms with Gasteiger partial charge in [-0.05, 0) is 55.0 Å². The predicted molar refractivity (Wildman–Crippen MR) is 107 cm³/mol. The highest BCUT2D eigenvalue weighted by molar-refractivity contribution is 9.10. The Balaban J connectivity index is 2.33. The van der Waals surface area contributed by atoms with E-state index < -0.39 is 22.0 Å². The van der Waals surface area contributed by atoms with Crippen LogP contribution in [0.15, 0.2) is 53.0 Å². The van der Waals surface area contributed by atoms with Crippen LogP contribution in [0.1, 0.15) is 13.3 Å². The second-order valence-corrected chi connectivity index (χ2v) is 8.45. The zero-order chi connectivity index (χ0) is 19.3. The van der Waals surface area contributed by atoms with Crippen molar-refractivity contribution in [2.75, 3.05) is 23.0 Å². The van der Waals surface area contributed by atoms with E-state index >= 15 is 0 Å². The molecular weight excluding hydrogens is 420 g/mol. The van der Waals surface area contributed by atoms with Gasteiger partial charge in [0.15, 0.2) is 0 Å². The summed E-state index contributed by atoms with van der Waals surface area (Å²) in [5.41, 5.74) is 1.01. The van der Waals surface area contributed by atoms with E-state index in [4.69, 9.17) is 4.74 Å². The zero-order valence-electron chi connectivity index (χ0n) is 14.8. The number of rotatable bonds is 7. The van der Waals surface area contributed by atoms with Crippen molar-refractivity contribution < 1.29 is 17.9 Å². The Morgan fingerprint density at radius 1 is 1.15 bits per heavy atom. The molecule has 2 rings (SSSR count). The van der Waals surface area contributed by atoms with E-state index in [9.17, 15) is 13.2 Å². The van der Waals surface area contributed by atoms with E-state index in [1.807, 2.05) is 0 Å². The van der Waals surface area contributed by atoms with E-state index in [-0.39, 0.29) is 0 Å². The maximum Gasteiger partial charge on any atom is 0.248 e. The van der Waals surface area contributed by atoms with Crippen molar-refractivity contribution in [2.24, 2.45) is 0 Å². The number of amides is 1. The van der Waals surface area contributed by atoms with Crippen molar-refractivity contribution in [3.05, 3.63) is 53.0 Å². The number of methoxy groups -OCH3 is 1. The van der Waals surface area contributed by atoms with Crippen molar-refractivity contribution >= 4 is 43.2 Å². The van der Waals surface area contributed by atoms with Gasteiger partial charge < -0.3 is 10.1 Å². The number of hydrogen-bond donors (Lipinski definition) is 1. The molecule has 0 fully saturated rings. The van der Waals surface area contributed by atoms with Gasteiger partial charge in [0.2, 0.25) is 15.9 Å². The summed E-state index contributed by atoms with van der Waals surface area (Å²) in [6, 6.07) is 12.8. The Kier molecular flexibility index (Phi) is 6.66. The van der Waals surface area contributed by atoms with Gasteiger partial charge in [-0.3, -0.25) is 9.10 Å². The van der Waals surface area contributed by atoms with E-state index in [2.05, 4.69) is 21.2 Å². The maximum absolute atomic E-state index is 12.8. The summed E-state index contributed by atoms with van der Waals surface area (Å²) >= 11 is 3.34. The summed E-state index contributed by atoms with van der Waals surface area (Å²) in [6.45, 7) is 1.77. The minimum absolute atomic E-state index is 0.321. The van der Waals surface area contributed by atoms with Crippen molar-refractivity contribution in [1.82, 2.24) is 0 Å². The Bertz CT molecular complexity index is 852. The first-order valence-corrected chi connectivity index (χ1v) is 10.6. The van der Waals surface area contributed by atoms with Gasteiger partial charge in [0.1, 0.15) is 11.8 Å². The molecule has 26 heavy (non-hydrogen) atoms. The van der Waals surface area contributed by atoms with Crippen molar-refractivity contribution in [3.63, 3.8) is 0 Å². The van der Waals surface area contributed by atoms with Crippen LogP contribution < -0.4 is 14.4 Å². The van der Waals surface area contributed by atoms with E-state index in [0.717, 1.165) is 15.0 Å². The number of ether oxygens (including phenoxy) is 1. The van der Waals surface area contributed by atoms with Crippen LogP contribution in [-0.2, 0) is 14.8 Å². The molecule has 0 unspecified atom stereocenters. The number of nitrogens with zero attached hydrogens (tertiary/aromatic N) is 1. The number of sulfonamides is 1. The SMILES string of the molecule is CC[C@@H](C(=O)Nc1ccc(Br)cc1)N(c1ccc(OC)cc1)S(C)(=O)=O. The first kappa shape index (κ1) is 20.3. The van der Waals surface area contributed by atoms with Crippen molar-refractivity contribution in [2.45, 2.75) is 19.4 Å². The molecule has 0 radical (unpaired) electrons. The standard InChI is InChI=1S/C18H21BrN2O4S/c1-4-17(18(22)20-14-7-5-13(19)6-8-14)21(26(3,23)24)15-9-11-16(25-2)12-10-15/h5-12,17H,4H2,1-3H3,(H,20,22)/t17-/m0/s1. The maximum atomic E-state index is 12.8. The highest BCUT2D eigenvalue weighted by atomic mass is 79.9. The molecule has 0 saturated carbocycles. The van der Waals surface area contributed by atoms with Crippen LogP contribution in [0.5, 0.6) is 5.75 Å². The minimum Gasteiger partial charge on any atom is -0.497 e. The van der Waals surface area contributed by atoms with Crippen LogP contribution in [0.2, 0.25) is 0 Å². The number of carbonyl (C=O) groups is 1. The number of carbonyl (C=O) groups excluding carboxylic acids is 1. The molecule has 8 heteroatoms. The number of halogens is 1. The molecule has 0 saturated heterocycles. The van der Waals surface area contributed by atoms with Crippen LogP contribution in [0.3, 0.4) is 0 Å². The molecular formula is C18H21BrN2O4S. The monoisotopic (exact) mass is 440 g/mol. The van der Waals surface area contributed by atoms with E-state index in [0.29, 0.717) is 23.5 Å². The Labute approximate surface area is 162 Å². The molecule has 1 amide bonds. The molecule has 0 aromatic heterocycles. The molecule has 0 aliphatic rings. The summed E-state index contributed by atoms with van der Waals surface area (Å²) in [5, 5.41) is 2.77. The van der Waals surface area contributed by atoms with Gasteiger partial charge in [0, 0.05) is 10.2 Å². The molecule has 1 atom stereocenters. The molecule has 1 N–H and O–H groups in total. The molecule has 6 nitrogen and oxygen atoms in total. The van der Waals surface area contributed by atoms with Crippen LogP contribution >= 0.6 is 15.9 Å². The van der Waals surface area contributed by atoms with Gasteiger partial charge in [-0.25, -0.2) is 8.42 Å². The Morgan fingerprint density at radius 2 is 1.73 bits per heavy atom. The van der Waals surface area contributed by atoms with E-state index in [1.54, 1.807) is 55.5 Å². The third-order valence-corrected chi connectivity index (χ3v) is 5.48. The van der Waals surface area contributed by atoms with Gasteiger partial charge in [0.25, 0.3) is 0 Å². The van der Waals surface area contributed by atoms with Crippen LogP contribution in [-0.4, -0.2) is 33.7 Å². The molecule has 2 aromatic rings. The van der Waals surface area contributed by atoms with Gasteiger partial charge in [-0.15, -0.1) is 0 Å². The summed E-state index contributed by atoms with van der Waals surface area (Å²) in [7, 11) is -2.14. The number of anilines is 2. The van der Waals surface area contributed by atoms with Crippen LogP contribution in [0.4, 0.5) is 11.4 Å². The fourth-order valence-electron chi connectivity index (χ4n) is 2.55. The fourth-order valence-corrected chi connectivity index (χ4v) is 4.02. The molecule has 0 spiro atoms. The highest BCUT2D eigenvalue weighted by Crippen LogP contribution is 2.26. The lowest BCUT2D eigenvalue weighted by Crippen LogP contribution is -2.46. The summed E-state index contributed by atoms with van der Waals surface area (Å²) < 4.78 is 31.9. The third kappa shape index (κ3) is 4.98. The average Bonchev–Trinajstić information content (AvgIpc) is 2.60. The normalized spacial score (nSPS) is 12.3. The first-order chi connectivity index (χ1) is 12.3. The number of hydrogen-bond acceptors (Lipinski definition) is 4. The Morgan fingerprint density at radius 3 is 2.19 bits per heavy atom. The summed E-state index contributed by atoms with van der Waals surface area (Å²) in [4.78, 5) is 12.8. The predicted octanol–water partition coefficient (Wildman–Crippen LogP) is 3.64. The molecule has 0 heterocycles. The summed E-state index contributed by atoms with van der Waals surface area (Å²) in [5.74, 6) is 0.214. The number of benzene rings is 2. The molecule has 2 aromatic carbocycles. The highest BCUT2D eigenvalue weighted by Gasteiger charge is 2.31. The topological polar surface area (TPSA) is 75.7 Å². The average molecular weight is 441 g/mol. The lowest BCUT2D eigenvalue weighted by molar-refractivity contribution is -0.117. The second-order valence-electron chi connectivity index (χ2n) is 5.68. The van der Waals surface area contributed by atoms with E-state index in [1.165, 1.54) is 7.11 Å². The molecule has 0 bridgehead atoms. The second kappa shape index (κ2) is 8.55. The van der Waals surface area contributed by atoms with Gasteiger partial charge in [0.05, 0.1) is 19.1 Å². The molecule has 0 aliphatic heterocycles. The van der Waals surface area contributed by atoms with Crippen molar-refractivity contribution in [3.8, 4) is 5.75 Å². The molecule has 0 aliphatic carbocycles. The molecule has 140 valence electrons. The number of nitrogens with one attached hydrogen (secondary N) is 1. The fraction of sp³-hybridized carbons (Fsp3) is 0.278. The Hall–Kier alpha value is -2.06. The third-order valence-electron chi connectivity index (χ3n) is 3.77.